The number of nitrogens with zero attached hydrogens (tertiary/aromatic N) is 1. The van der Waals surface area contributed by atoms with Gasteiger partial charge in [0.25, 0.3) is 0 Å². The number of hydrogen-bond donors (Lipinski definition) is 1. The fourth-order valence-electron chi connectivity index (χ4n) is 2.64. The zero-order chi connectivity index (χ0) is 15.4. The molecule has 0 aliphatic rings. The van der Waals surface area contributed by atoms with E-state index in [4.69, 9.17) is 5.73 Å². The fourth-order valence-corrected chi connectivity index (χ4v) is 2.88. The van der Waals surface area contributed by atoms with Crippen molar-refractivity contribution in [2.45, 2.75) is 26.8 Å². The Morgan fingerprint density at radius 1 is 1.10 bits per heavy atom. The normalized spacial score (nSPS) is 12.2. The average Bonchev–Trinajstić information content (AvgIpc) is 2.49. The van der Waals surface area contributed by atoms with Crippen LogP contribution in [0.2, 0.25) is 0 Å². The standard InChI is InChI=1S/C18H23BrN2/c1-4-21(16-8-5-13(2)6-9-16)18(12-20)15-7-10-17(19)14(3)11-15/h5-11,18H,4,12,20H2,1-3H3. The summed E-state index contributed by atoms with van der Waals surface area (Å²) in [6, 6.07) is 15.3. The maximum absolute atomic E-state index is 6.08. The van der Waals surface area contributed by atoms with Crippen molar-refractivity contribution < 1.29 is 0 Å². The number of likely N-dealkylation sites (N-methyl/N-ethyl adjacent to an activating group) is 1. The summed E-state index contributed by atoms with van der Waals surface area (Å²) in [6.07, 6.45) is 0. The summed E-state index contributed by atoms with van der Waals surface area (Å²) in [5, 5.41) is 0. The molecular formula is C18H23BrN2. The lowest BCUT2D eigenvalue weighted by molar-refractivity contribution is 0.643. The van der Waals surface area contributed by atoms with Gasteiger partial charge in [-0.3, -0.25) is 0 Å². The Kier molecular flexibility index (Phi) is 5.43. The Morgan fingerprint density at radius 2 is 1.76 bits per heavy atom. The monoisotopic (exact) mass is 346 g/mol. The molecule has 0 saturated carbocycles. The number of benzene rings is 2. The predicted octanol–water partition coefficient (Wildman–Crippen LogP) is 4.59. The highest BCUT2D eigenvalue weighted by atomic mass is 79.9. The van der Waals surface area contributed by atoms with Gasteiger partial charge in [-0.05, 0) is 50.1 Å². The van der Waals surface area contributed by atoms with Crippen LogP contribution in [0.5, 0.6) is 0 Å². The number of aryl methyl sites for hydroxylation is 2. The molecule has 2 aromatic carbocycles. The van der Waals surface area contributed by atoms with Gasteiger partial charge in [-0.1, -0.05) is 45.8 Å². The van der Waals surface area contributed by atoms with Crippen LogP contribution in [-0.2, 0) is 0 Å². The van der Waals surface area contributed by atoms with Gasteiger partial charge in [0.05, 0.1) is 6.04 Å². The molecule has 0 spiro atoms. The second kappa shape index (κ2) is 7.10. The van der Waals surface area contributed by atoms with E-state index in [9.17, 15) is 0 Å². The third kappa shape index (κ3) is 3.66. The van der Waals surface area contributed by atoms with E-state index in [0.717, 1.165) is 11.0 Å². The van der Waals surface area contributed by atoms with Crippen molar-refractivity contribution >= 4 is 21.6 Å². The molecule has 0 amide bonds. The van der Waals surface area contributed by atoms with Crippen molar-refractivity contribution in [1.29, 1.82) is 0 Å². The summed E-state index contributed by atoms with van der Waals surface area (Å²) in [5.41, 5.74) is 11.1. The molecule has 2 nitrogen and oxygen atoms in total. The van der Waals surface area contributed by atoms with Crippen molar-refractivity contribution in [2.24, 2.45) is 5.73 Å². The van der Waals surface area contributed by atoms with Crippen LogP contribution < -0.4 is 10.6 Å². The molecule has 0 bridgehead atoms. The maximum atomic E-state index is 6.08. The van der Waals surface area contributed by atoms with E-state index in [-0.39, 0.29) is 6.04 Å². The quantitative estimate of drug-likeness (QED) is 0.857. The minimum atomic E-state index is 0.199. The van der Waals surface area contributed by atoms with Gasteiger partial charge in [-0.25, -0.2) is 0 Å². The third-order valence-electron chi connectivity index (χ3n) is 3.87. The molecule has 21 heavy (non-hydrogen) atoms. The van der Waals surface area contributed by atoms with Crippen molar-refractivity contribution in [3.63, 3.8) is 0 Å². The van der Waals surface area contributed by atoms with Crippen LogP contribution in [0.1, 0.15) is 29.7 Å². The van der Waals surface area contributed by atoms with Crippen LogP contribution in [0.15, 0.2) is 46.9 Å². The smallest absolute Gasteiger partial charge is 0.0664 e. The van der Waals surface area contributed by atoms with Crippen molar-refractivity contribution in [1.82, 2.24) is 0 Å². The average molecular weight is 347 g/mol. The predicted molar refractivity (Wildman–Crippen MR) is 94.9 cm³/mol. The number of hydrogen-bond acceptors (Lipinski definition) is 2. The minimum Gasteiger partial charge on any atom is -0.363 e. The minimum absolute atomic E-state index is 0.199. The van der Waals surface area contributed by atoms with Crippen LogP contribution in [0.4, 0.5) is 5.69 Å². The summed E-state index contributed by atoms with van der Waals surface area (Å²) in [6.45, 7) is 7.93. The zero-order valence-corrected chi connectivity index (χ0v) is 14.5. The third-order valence-corrected chi connectivity index (χ3v) is 4.76. The molecule has 2 aromatic rings. The second-order valence-electron chi connectivity index (χ2n) is 5.38. The topological polar surface area (TPSA) is 29.3 Å². The molecule has 0 radical (unpaired) electrons. The van der Waals surface area contributed by atoms with Gasteiger partial charge in [0.15, 0.2) is 0 Å². The van der Waals surface area contributed by atoms with Crippen molar-refractivity contribution in [3.8, 4) is 0 Å². The summed E-state index contributed by atoms with van der Waals surface area (Å²) >= 11 is 3.56. The molecule has 0 fully saturated rings. The van der Waals surface area contributed by atoms with E-state index < -0.39 is 0 Å². The number of rotatable bonds is 5. The second-order valence-corrected chi connectivity index (χ2v) is 6.24. The lowest BCUT2D eigenvalue weighted by Gasteiger charge is -2.33. The first kappa shape index (κ1) is 16.1. The Bertz CT molecular complexity index is 593. The Morgan fingerprint density at radius 3 is 2.29 bits per heavy atom. The lowest BCUT2D eigenvalue weighted by Crippen LogP contribution is -2.33. The summed E-state index contributed by atoms with van der Waals surface area (Å²) < 4.78 is 1.14. The van der Waals surface area contributed by atoms with Crippen LogP contribution in [0.3, 0.4) is 0 Å². The van der Waals surface area contributed by atoms with Crippen LogP contribution >= 0.6 is 15.9 Å². The van der Waals surface area contributed by atoms with Crippen LogP contribution in [0.25, 0.3) is 0 Å². The molecule has 2 rings (SSSR count). The Labute approximate surface area is 136 Å². The molecule has 0 aliphatic carbocycles. The Hall–Kier alpha value is -1.32. The van der Waals surface area contributed by atoms with Gasteiger partial charge in [-0.15, -0.1) is 0 Å². The molecule has 1 unspecified atom stereocenters. The highest BCUT2D eigenvalue weighted by Crippen LogP contribution is 2.29. The van der Waals surface area contributed by atoms with E-state index in [1.54, 1.807) is 0 Å². The number of nitrogens with two attached hydrogens (primary N) is 1. The number of anilines is 1. The van der Waals surface area contributed by atoms with E-state index in [1.807, 2.05) is 0 Å². The van der Waals surface area contributed by atoms with Gasteiger partial charge in [0, 0.05) is 23.2 Å². The highest BCUT2D eigenvalue weighted by Gasteiger charge is 2.18. The Balaban J connectivity index is 2.36. The van der Waals surface area contributed by atoms with Crippen LogP contribution in [-0.4, -0.2) is 13.1 Å². The molecule has 2 N–H and O–H groups in total. The van der Waals surface area contributed by atoms with Gasteiger partial charge >= 0.3 is 0 Å². The van der Waals surface area contributed by atoms with Crippen molar-refractivity contribution in [2.75, 3.05) is 18.0 Å². The zero-order valence-electron chi connectivity index (χ0n) is 12.9. The highest BCUT2D eigenvalue weighted by molar-refractivity contribution is 9.10. The first-order valence-electron chi connectivity index (χ1n) is 7.36. The molecule has 3 heteroatoms. The van der Waals surface area contributed by atoms with Gasteiger partial charge in [0.2, 0.25) is 0 Å². The first-order valence-corrected chi connectivity index (χ1v) is 8.15. The molecule has 0 aliphatic heterocycles. The molecular weight excluding hydrogens is 324 g/mol. The summed E-state index contributed by atoms with van der Waals surface area (Å²) in [5.74, 6) is 0. The van der Waals surface area contributed by atoms with E-state index in [2.05, 4.69) is 84.1 Å². The number of halogens is 1. The fraction of sp³-hybridized carbons (Fsp3) is 0.333. The van der Waals surface area contributed by atoms with Crippen LogP contribution in [0, 0.1) is 13.8 Å². The SMILES string of the molecule is CCN(c1ccc(C)cc1)C(CN)c1ccc(Br)c(C)c1. The molecule has 1 atom stereocenters. The van der Waals surface area contributed by atoms with Gasteiger partial charge in [-0.2, -0.15) is 0 Å². The molecule has 112 valence electrons. The molecule has 0 saturated heterocycles. The van der Waals surface area contributed by atoms with E-state index in [1.165, 1.54) is 22.4 Å². The molecule has 0 aromatic heterocycles. The summed E-state index contributed by atoms with van der Waals surface area (Å²) in [7, 11) is 0. The van der Waals surface area contributed by atoms with Crippen molar-refractivity contribution in [3.05, 3.63) is 63.6 Å². The van der Waals surface area contributed by atoms with Gasteiger partial charge in [0.1, 0.15) is 0 Å². The molecule has 0 heterocycles. The summed E-state index contributed by atoms with van der Waals surface area (Å²) in [4.78, 5) is 2.36. The largest absolute Gasteiger partial charge is 0.363 e. The lowest BCUT2D eigenvalue weighted by atomic mass is 10.0. The van der Waals surface area contributed by atoms with Gasteiger partial charge < -0.3 is 10.6 Å². The van der Waals surface area contributed by atoms with E-state index >= 15 is 0 Å². The first-order chi connectivity index (χ1) is 10.1. The maximum Gasteiger partial charge on any atom is 0.0664 e. The van der Waals surface area contributed by atoms with E-state index in [0.29, 0.717) is 6.54 Å².